The van der Waals surface area contributed by atoms with Gasteiger partial charge in [-0.3, -0.25) is 0 Å². The van der Waals surface area contributed by atoms with Crippen LogP contribution in [0, 0.1) is 0 Å². The van der Waals surface area contributed by atoms with Crippen molar-refractivity contribution in [1.29, 1.82) is 0 Å². The number of carbonyl (C=O) groups excluding carboxylic acids is 5. The van der Waals surface area contributed by atoms with Crippen LogP contribution in [0.4, 0.5) is 0 Å². The van der Waals surface area contributed by atoms with Crippen LogP contribution < -0.4 is 23.7 Å². The number of benzene rings is 7. The van der Waals surface area contributed by atoms with Crippen molar-refractivity contribution in [3.8, 4) is 28.7 Å². The standard InChI is InChI=1S/C59H56O12/c1-4-40-36-53(27-28-54(40)71-59(64)49-20-17-46-39-52(69-56(61)6-3)26-23-43(46)35-49)70-58(63)48-19-16-45-38-51(25-22-42(45)34-48)66-30-13-14-32-68-57(62)47-18-15-44-37-50(24-21-41(44)33-47)65-29-11-9-7-8-10-12-31-67-55(60)5-2/h5-6,15-28,33-39H,2-4,7-14,29-32H2,1H3. The maximum absolute atomic E-state index is 13.3. The van der Waals surface area contributed by atoms with Gasteiger partial charge in [0.1, 0.15) is 28.7 Å². The van der Waals surface area contributed by atoms with Crippen molar-refractivity contribution < 1.29 is 57.1 Å². The Kier molecular flexibility index (Phi) is 18.1. The molecule has 0 aliphatic carbocycles. The van der Waals surface area contributed by atoms with E-state index >= 15 is 0 Å². The summed E-state index contributed by atoms with van der Waals surface area (Å²) in [5.74, 6) is 0.107. The van der Waals surface area contributed by atoms with Crippen molar-refractivity contribution in [2.24, 2.45) is 0 Å². The molecule has 0 N–H and O–H groups in total. The highest BCUT2D eigenvalue weighted by Gasteiger charge is 2.16. The molecule has 12 nitrogen and oxygen atoms in total. The van der Waals surface area contributed by atoms with Crippen LogP contribution in [0.1, 0.15) is 94.9 Å². The van der Waals surface area contributed by atoms with Gasteiger partial charge in [0, 0.05) is 12.2 Å². The molecule has 0 amide bonds. The molecule has 0 unspecified atom stereocenters. The molecular formula is C59H56O12. The maximum atomic E-state index is 13.3. The van der Waals surface area contributed by atoms with Crippen LogP contribution in [0.15, 0.2) is 153 Å². The molecular weight excluding hydrogens is 901 g/mol. The van der Waals surface area contributed by atoms with Crippen LogP contribution >= 0.6 is 0 Å². The fourth-order valence-electron chi connectivity index (χ4n) is 7.75. The minimum atomic E-state index is -0.562. The SMILES string of the molecule is C=CC(=O)OCCCCCCCCOc1ccc2cc(C(=O)OCCCCOc3ccc4cc(C(=O)Oc5ccc(OC(=O)c6ccc7cc(OC(=O)C=C)ccc7c6)c(CC)c5)ccc4c3)ccc2c1. The molecule has 364 valence electrons. The molecule has 0 bridgehead atoms. The van der Waals surface area contributed by atoms with E-state index in [1.165, 1.54) is 6.08 Å². The highest BCUT2D eigenvalue weighted by molar-refractivity contribution is 5.99. The maximum Gasteiger partial charge on any atom is 0.343 e. The summed E-state index contributed by atoms with van der Waals surface area (Å²) in [6.07, 6.45) is 10.2. The number of ether oxygens (including phenoxy) is 7. The lowest BCUT2D eigenvalue weighted by Crippen LogP contribution is -2.11. The van der Waals surface area contributed by atoms with Crippen molar-refractivity contribution >= 4 is 62.2 Å². The predicted molar refractivity (Wildman–Crippen MR) is 273 cm³/mol. The third kappa shape index (κ3) is 14.6. The van der Waals surface area contributed by atoms with E-state index in [4.69, 9.17) is 33.2 Å². The molecule has 7 aromatic carbocycles. The van der Waals surface area contributed by atoms with Crippen LogP contribution in [-0.2, 0) is 25.5 Å². The largest absolute Gasteiger partial charge is 0.494 e. The minimum absolute atomic E-state index is 0.264. The van der Waals surface area contributed by atoms with E-state index in [-0.39, 0.29) is 18.5 Å². The average molecular weight is 957 g/mol. The van der Waals surface area contributed by atoms with E-state index in [9.17, 15) is 24.0 Å². The summed E-state index contributed by atoms with van der Waals surface area (Å²) in [5, 5.41) is 5.16. The fourth-order valence-corrected chi connectivity index (χ4v) is 7.75. The molecule has 0 atom stereocenters. The second-order valence-corrected chi connectivity index (χ2v) is 16.7. The van der Waals surface area contributed by atoms with Gasteiger partial charge in [-0.15, -0.1) is 0 Å². The van der Waals surface area contributed by atoms with Gasteiger partial charge in [0.05, 0.1) is 43.1 Å². The summed E-state index contributed by atoms with van der Waals surface area (Å²) in [4.78, 5) is 61.9. The molecule has 7 rings (SSSR count). The zero-order chi connectivity index (χ0) is 50.0. The van der Waals surface area contributed by atoms with Crippen molar-refractivity contribution in [3.05, 3.63) is 175 Å². The monoisotopic (exact) mass is 956 g/mol. The van der Waals surface area contributed by atoms with Crippen LogP contribution in [-0.4, -0.2) is 56.3 Å². The van der Waals surface area contributed by atoms with Crippen molar-refractivity contribution in [2.75, 3.05) is 26.4 Å². The van der Waals surface area contributed by atoms with E-state index in [0.717, 1.165) is 82.7 Å². The zero-order valence-electron chi connectivity index (χ0n) is 39.8. The summed E-state index contributed by atoms with van der Waals surface area (Å²) in [5.41, 5.74) is 1.88. The Balaban J connectivity index is 0.804. The second-order valence-electron chi connectivity index (χ2n) is 16.7. The van der Waals surface area contributed by atoms with E-state index in [1.54, 1.807) is 72.8 Å². The summed E-state index contributed by atoms with van der Waals surface area (Å²) < 4.78 is 39.2. The van der Waals surface area contributed by atoms with E-state index in [2.05, 4.69) is 13.2 Å². The Bertz CT molecular complexity index is 3060. The topological polar surface area (TPSA) is 150 Å². The first-order valence-corrected chi connectivity index (χ1v) is 23.8. The normalized spacial score (nSPS) is 10.9. The Morgan fingerprint density at radius 2 is 0.803 bits per heavy atom. The first kappa shape index (κ1) is 50.6. The average Bonchev–Trinajstić information content (AvgIpc) is 3.39. The van der Waals surface area contributed by atoms with Gasteiger partial charge in [-0.1, -0.05) is 82.2 Å². The number of unbranched alkanes of at least 4 members (excludes halogenated alkanes) is 6. The zero-order valence-corrected chi connectivity index (χ0v) is 39.8. The van der Waals surface area contributed by atoms with Crippen molar-refractivity contribution in [1.82, 2.24) is 0 Å². The first-order chi connectivity index (χ1) is 34.6. The Morgan fingerprint density at radius 3 is 1.37 bits per heavy atom. The number of carbonyl (C=O) groups is 5. The lowest BCUT2D eigenvalue weighted by molar-refractivity contribution is -0.137. The van der Waals surface area contributed by atoms with Gasteiger partial charge in [0.25, 0.3) is 0 Å². The van der Waals surface area contributed by atoms with E-state index in [1.807, 2.05) is 61.5 Å². The highest BCUT2D eigenvalue weighted by Crippen LogP contribution is 2.29. The first-order valence-electron chi connectivity index (χ1n) is 23.8. The van der Waals surface area contributed by atoms with Crippen LogP contribution in [0.3, 0.4) is 0 Å². The van der Waals surface area contributed by atoms with Gasteiger partial charge >= 0.3 is 29.8 Å². The summed E-state index contributed by atoms with van der Waals surface area (Å²) in [6, 6.07) is 37.3. The molecule has 0 heterocycles. The van der Waals surface area contributed by atoms with Crippen LogP contribution in [0.25, 0.3) is 32.3 Å². The molecule has 0 saturated carbocycles. The molecule has 71 heavy (non-hydrogen) atoms. The molecule has 7 aromatic rings. The Morgan fingerprint density at radius 1 is 0.394 bits per heavy atom. The molecule has 0 spiro atoms. The number of rotatable bonds is 25. The van der Waals surface area contributed by atoms with Gasteiger partial charge in [-0.05, 0) is 161 Å². The third-order valence-corrected chi connectivity index (χ3v) is 11.6. The highest BCUT2D eigenvalue weighted by atomic mass is 16.6. The van der Waals surface area contributed by atoms with Gasteiger partial charge in [0.15, 0.2) is 0 Å². The molecule has 0 aliphatic rings. The van der Waals surface area contributed by atoms with Gasteiger partial charge in [-0.2, -0.15) is 0 Å². The lowest BCUT2D eigenvalue weighted by Gasteiger charge is -2.12. The van der Waals surface area contributed by atoms with Crippen molar-refractivity contribution in [2.45, 2.75) is 64.7 Å². The van der Waals surface area contributed by atoms with Gasteiger partial charge < -0.3 is 33.2 Å². The number of fused-ring (bicyclic) bond motifs is 3. The van der Waals surface area contributed by atoms with Crippen LogP contribution in [0.5, 0.6) is 28.7 Å². The number of esters is 5. The molecule has 0 aromatic heterocycles. The minimum Gasteiger partial charge on any atom is -0.494 e. The van der Waals surface area contributed by atoms with E-state index < -0.39 is 17.9 Å². The number of aryl methyl sites for hydroxylation is 1. The summed E-state index contributed by atoms with van der Waals surface area (Å²) in [6.45, 7) is 10.5. The molecule has 0 saturated heterocycles. The van der Waals surface area contributed by atoms with Crippen LogP contribution in [0.2, 0.25) is 0 Å². The predicted octanol–water partition coefficient (Wildman–Crippen LogP) is 12.7. The summed E-state index contributed by atoms with van der Waals surface area (Å²) in [7, 11) is 0. The number of hydrogen-bond donors (Lipinski definition) is 0. The lowest BCUT2D eigenvalue weighted by atomic mass is 10.1. The Hall–Kier alpha value is -8.25. The Labute approximate surface area is 412 Å². The molecule has 12 heteroatoms. The molecule has 0 radical (unpaired) electrons. The third-order valence-electron chi connectivity index (χ3n) is 11.6. The smallest absolute Gasteiger partial charge is 0.343 e. The summed E-state index contributed by atoms with van der Waals surface area (Å²) >= 11 is 0. The molecule has 0 fully saturated rings. The fraction of sp³-hybridized carbons (Fsp3) is 0.237. The number of hydrogen-bond acceptors (Lipinski definition) is 12. The molecule has 0 aliphatic heterocycles. The van der Waals surface area contributed by atoms with Gasteiger partial charge in [-0.25, -0.2) is 24.0 Å². The second kappa shape index (κ2) is 25.4. The van der Waals surface area contributed by atoms with Crippen molar-refractivity contribution in [3.63, 3.8) is 0 Å². The quantitative estimate of drug-likeness (QED) is 0.0232. The van der Waals surface area contributed by atoms with E-state index in [0.29, 0.717) is 84.3 Å². The van der Waals surface area contributed by atoms with Gasteiger partial charge in [0.2, 0.25) is 0 Å².